The maximum Gasteiger partial charge on any atom is 0.0963 e. The first kappa shape index (κ1) is 13.5. The molecule has 1 N–H and O–H groups in total. The Morgan fingerprint density at radius 1 is 1.38 bits per heavy atom. The summed E-state index contributed by atoms with van der Waals surface area (Å²) in [5.41, 5.74) is 0. The van der Waals surface area contributed by atoms with Crippen molar-refractivity contribution in [1.29, 1.82) is 0 Å². The first-order chi connectivity index (χ1) is 7.74. The van der Waals surface area contributed by atoms with Gasteiger partial charge in [0, 0.05) is 32.1 Å². The van der Waals surface area contributed by atoms with Crippen molar-refractivity contribution >= 4 is 5.84 Å². The van der Waals surface area contributed by atoms with Crippen LogP contribution in [0, 0.1) is 0 Å². The van der Waals surface area contributed by atoms with E-state index in [2.05, 4.69) is 36.1 Å². The third-order valence-electron chi connectivity index (χ3n) is 3.51. The molecule has 94 valence electrons. The maximum atomic E-state index is 4.57. The summed E-state index contributed by atoms with van der Waals surface area (Å²) >= 11 is 0. The average Bonchev–Trinajstić information content (AvgIpc) is 2.56. The molecule has 3 heteroatoms. The van der Waals surface area contributed by atoms with Crippen molar-refractivity contribution in [3.8, 4) is 0 Å². The van der Waals surface area contributed by atoms with Crippen molar-refractivity contribution in [1.82, 2.24) is 10.2 Å². The summed E-state index contributed by atoms with van der Waals surface area (Å²) in [6.45, 7) is 7.67. The molecule has 16 heavy (non-hydrogen) atoms. The molecule has 0 amide bonds. The Hall–Kier alpha value is -0.570. The van der Waals surface area contributed by atoms with Gasteiger partial charge in [-0.1, -0.05) is 13.3 Å². The minimum absolute atomic E-state index is 0.679. The molecule has 0 spiro atoms. The van der Waals surface area contributed by atoms with E-state index in [1.165, 1.54) is 31.5 Å². The fourth-order valence-electron chi connectivity index (χ4n) is 1.93. The zero-order valence-corrected chi connectivity index (χ0v) is 11.1. The molecule has 1 aliphatic rings. The molecule has 0 fully saturated rings. The molecule has 0 aromatic carbocycles. The van der Waals surface area contributed by atoms with Crippen LogP contribution < -0.4 is 5.32 Å². The zero-order chi connectivity index (χ0) is 11.8. The van der Waals surface area contributed by atoms with Crippen LogP contribution in [0.2, 0.25) is 0 Å². The van der Waals surface area contributed by atoms with Gasteiger partial charge in [0.1, 0.15) is 0 Å². The van der Waals surface area contributed by atoms with Crippen LogP contribution in [-0.2, 0) is 0 Å². The number of hydrogen-bond donors (Lipinski definition) is 1. The van der Waals surface area contributed by atoms with E-state index >= 15 is 0 Å². The molecule has 0 aliphatic carbocycles. The van der Waals surface area contributed by atoms with Crippen LogP contribution in [0.15, 0.2) is 4.99 Å². The molecule has 0 radical (unpaired) electrons. The summed E-state index contributed by atoms with van der Waals surface area (Å²) in [4.78, 5) is 6.98. The lowest BCUT2D eigenvalue weighted by Gasteiger charge is -2.23. The lowest BCUT2D eigenvalue weighted by atomic mass is 10.2. The van der Waals surface area contributed by atoms with Gasteiger partial charge in [-0.2, -0.15) is 0 Å². The van der Waals surface area contributed by atoms with E-state index in [1.807, 2.05) is 0 Å². The summed E-state index contributed by atoms with van der Waals surface area (Å²) < 4.78 is 0. The van der Waals surface area contributed by atoms with Gasteiger partial charge in [0.05, 0.1) is 5.84 Å². The van der Waals surface area contributed by atoms with Crippen molar-refractivity contribution in [2.24, 2.45) is 4.99 Å². The zero-order valence-electron chi connectivity index (χ0n) is 11.1. The Morgan fingerprint density at radius 2 is 2.19 bits per heavy atom. The van der Waals surface area contributed by atoms with Gasteiger partial charge in [0.15, 0.2) is 0 Å². The molecule has 0 saturated heterocycles. The Labute approximate surface area is 100 Å². The molecule has 3 nitrogen and oxygen atoms in total. The Kier molecular flexibility index (Phi) is 6.46. The Balaban J connectivity index is 2.16. The number of nitrogens with one attached hydrogen (secondary N) is 1. The highest BCUT2D eigenvalue weighted by Crippen LogP contribution is 2.06. The van der Waals surface area contributed by atoms with Crippen LogP contribution in [0.25, 0.3) is 0 Å². The summed E-state index contributed by atoms with van der Waals surface area (Å²) in [7, 11) is 2.20. The lowest BCUT2D eigenvalue weighted by molar-refractivity contribution is 0.256. The van der Waals surface area contributed by atoms with Gasteiger partial charge in [0.25, 0.3) is 0 Å². The molecular formula is C13H27N3. The average molecular weight is 225 g/mol. The molecule has 1 heterocycles. The monoisotopic (exact) mass is 225 g/mol. The highest BCUT2D eigenvalue weighted by molar-refractivity contribution is 5.82. The number of likely N-dealkylation sites (N-methyl/N-ethyl adjacent to an activating group) is 1. The highest BCUT2D eigenvalue weighted by atomic mass is 15.1. The van der Waals surface area contributed by atoms with Gasteiger partial charge < -0.3 is 10.2 Å². The quantitative estimate of drug-likeness (QED) is 0.777. The molecule has 1 aliphatic heterocycles. The number of amidine groups is 1. The van der Waals surface area contributed by atoms with Crippen LogP contribution in [-0.4, -0.2) is 43.5 Å². The number of aliphatic imine (C=N–C) groups is 1. The van der Waals surface area contributed by atoms with E-state index in [4.69, 9.17) is 0 Å². The molecule has 0 bridgehead atoms. The predicted octanol–water partition coefficient (Wildman–Crippen LogP) is 2.28. The van der Waals surface area contributed by atoms with Gasteiger partial charge in [-0.05, 0) is 33.2 Å². The normalized spacial score (nSPS) is 19.1. The summed E-state index contributed by atoms with van der Waals surface area (Å²) in [6.07, 6.45) is 6.26. The maximum absolute atomic E-state index is 4.57. The topological polar surface area (TPSA) is 27.6 Å². The number of hydrogen-bond acceptors (Lipinski definition) is 3. The van der Waals surface area contributed by atoms with Crippen molar-refractivity contribution < 1.29 is 0 Å². The van der Waals surface area contributed by atoms with Gasteiger partial charge in [-0.15, -0.1) is 0 Å². The second-order valence-corrected chi connectivity index (χ2v) is 4.80. The number of nitrogens with zero attached hydrogens (tertiary/aromatic N) is 2. The van der Waals surface area contributed by atoms with Gasteiger partial charge in [0.2, 0.25) is 0 Å². The highest BCUT2D eigenvalue weighted by Gasteiger charge is 2.07. The molecule has 0 aromatic rings. The molecule has 0 saturated carbocycles. The molecule has 0 aromatic heterocycles. The molecular weight excluding hydrogens is 198 g/mol. The summed E-state index contributed by atoms with van der Waals surface area (Å²) in [5, 5.41) is 3.48. The van der Waals surface area contributed by atoms with Crippen molar-refractivity contribution in [2.45, 2.75) is 52.0 Å². The van der Waals surface area contributed by atoms with Crippen molar-refractivity contribution in [2.75, 3.05) is 26.7 Å². The van der Waals surface area contributed by atoms with Crippen LogP contribution >= 0.6 is 0 Å². The third-order valence-corrected chi connectivity index (χ3v) is 3.51. The minimum Gasteiger partial charge on any atom is -0.373 e. The lowest BCUT2D eigenvalue weighted by Crippen LogP contribution is -2.37. The predicted molar refractivity (Wildman–Crippen MR) is 71.2 cm³/mol. The Morgan fingerprint density at radius 3 is 2.94 bits per heavy atom. The first-order valence-electron chi connectivity index (χ1n) is 6.71. The largest absolute Gasteiger partial charge is 0.373 e. The third kappa shape index (κ3) is 4.97. The summed E-state index contributed by atoms with van der Waals surface area (Å²) in [6, 6.07) is 0.679. The van der Waals surface area contributed by atoms with E-state index in [-0.39, 0.29) is 0 Å². The SMILES string of the molecule is CCC(C)N(C)CCNC1=NCCCCC1. The van der Waals surface area contributed by atoms with E-state index in [9.17, 15) is 0 Å². The van der Waals surface area contributed by atoms with Gasteiger partial charge >= 0.3 is 0 Å². The van der Waals surface area contributed by atoms with Crippen molar-refractivity contribution in [3.63, 3.8) is 0 Å². The second-order valence-electron chi connectivity index (χ2n) is 4.80. The van der Waals surface area contributed by atoms with Gasteiger partial charge in [-0.3, -0.25) is 4.99 Å². The molecule has 1 rings (SSSR count). The van der Waals surface area contributed by atoms with Crippen molar-refractivity contribution in [3.05, 3.63) is 0 Å². The summed E-state index contributed by atoms with van der Waals surface area (Å²) in [5.74, 6) is 1.23. The molecule has 1 atom stereocenters. The second kappa shape index (κ2) is 7.66. The molecule has 1 unspecified atom stereocenters. The number of rotatable bonds is 5. The standard InChI is InChI=1S/C13H27N3/c1-4-12(2)16(3)11-10-15-13-8-6-5-7-9-14-13/h12H,4-11H2,1-3H3,(H,14,15). The van der Waals surface area contributed by atoms with Crippen LogP contribution in [0.3, 0.4) is 0 Å². The van der Waals surface area contributed by atoms with E-state index in [0.29, 0.717) is 6.04 Å². The van der Waals surface area contributed by atoms with Crippen LogP contribution in [0.1, 0.15) is 46.0 Å². The van der Waals surface area contributed by atoms with Crippen LogP contribution in [0.5, 0.6) is 0 Å². The van der Waals surface area contributed by atoms with Crippen LogP contribution in [0.4, 0.5) is 0 Å². The first-order valence-corrected chi connectivity index (χ1v) is 6.71. The fourth-order valence-corrected chi connectivity index (χ4v) is 1.93. The smallest absolute Gasteiger partial charge is 0.0963 e. The Bertz CT molecular complexity index is 213. The van der Waals surface area contributed by atoms with Gasteiger partial charge in [-0.25, -0.2) is 0 Å². The minimum atomic E-state index is 0.679. The van der Waals surface area contributed by atoms with E-state index < -0.39 is 0 Å². The fraction of sp³-hybridized carbons (Fsp3) is 0.923. The van der Waals surface area contributed by atoms with E-state index in [0.717, 1.165) is 26.1 Å². The van der Waals surface area contributed by atoms with E-state index in [1.54, 1.807) is 0 Å².